The summed E-state index contributed by atoms with van der Waals surface area (Å²) in [5.74, 6) is 1.31. The number of pyridine rings is 1. The van der Waals surface area contributed by atoms with Gasteiger partial charge in [-0.05, 0) is 18.7 Å². The maximum atomic E-state index is 5.25. The van der Waals surface area contributed by atoms with Crippen LogP contribution in [0.1, 0.15) is 12.6 Å². The number of rotatable bonds is 5. The lowest BCUT2D eigenvalue weighted by Gasteiger charge is -2.09. The lowest BCUT2D eigenvalue weighted by molar-refractivity contribution is 0.402. The van der Waals surface area contributed by atoms with Crippen molar-refractivity contribution in [1.29, 1.82) is 0 Å². The van der Waals surface area contributed by atoms with Gasteiger partial charge in [0.25, 0.3) is 0 Å². The van der Waals surface area contributed by atoms with Gasteiger partial charge in [0.2, 0.25) is 0 Å². The summed E-state index contributed by atoms with van der Waals surface area (Å²) in [7, 11) is 1.62. The molecule has 1 N–H and O–H groups in total. The van der Waals surface area contributed by atoms with Crippen LogP contribution in [0.5, 0.6) is 5.75 Å². The highest BCUT2D eigenvalue weighted by Crippen LogP contribution is 2.18. The lowest BCUT2D eigenvalue weighted by Crippen LogP contribution is -2.14. The molecule has 0 spiro atoms. The van der Waals surface area contributed by atoms with E-state index in [0.717, 1.165) is 17.9 Å². The second-order valence-electron chi connectivity index (χ2n) is 3.70. The second-order valence-corrected chi connectivity index (χ2v) is 3.70. The highest BCUT2D eigenvalue weighted by atomic mass is 16.5. The molecule has 0 aliphatic carbocycles. The molecule has 0 amide bonds. The number of nitrogens with one attached hydrogen (secondary N) is 1. The van der Waals surface area contributed by atoms with Crippen molar-refractivity contribution in [2.75, 3.05) is 13.7 Å². The number of hydrogen-bond acceptors (Lipinski definition) is 5. The molecule has 18 heavy (non-hydrogen) atoms. The van der Waals surface area contributed by atoms with Crippen molar-refractivity contribution in [3.63, 3.8) is 0 Å². The van der Waals surface area contributed by atoms with Gasteiger partial charge >= 0.3 is 0 Å². The van der Waals surface area contributed by atoms with Crippen LogP contribution in [0, 0.1) is 0 Å². The fraction of sp³-hybridized carbons (Fsp3) is 0.308. The number of methoxy groups -OCH3 is 1. The van der Waals surface area contributed by atoms with Crippen LogP contribution in [-0.4, -0.2) is 28.6 Å². The van der Waals surface area contributed by atoms with Gasteiger partial charge in [-0.2, -0.15) is 0 Å². The summed E-state index contributed by atoms with van der Waals surface area (Å²) < 4.78 is 5.25. The molecule has 0 radical (unpaired) electrons. The number of nitrogens with zero attached hydrogens (tertiary/aromatic N) is 3. The van der Waals surface area contributed by atoms with Crippen molar-refractivity contribution in [3.05, 3.63) is 36.3 Å². The van der Waals surface area contributed by atoms with E-state index in [1.807, 2.05) is 25.1 Å². The quantitative estimate of drug-likeness (QED) is 0.866. The van der Waals surface area contributed by atoms with Gasteiger partial charge in [-0.1, -0.05) is 13.0 Å². The number of aromatic nitrogens is 3. The minimum Gasteiger partial charge on any atom is -0.493 e. The van der Waals surface area contributed by atoms with E-state index >= 15 is 0 Å². The third kappa shape index (κ3) is 2.81. The second kappa shape index (κ2) is 6.07. The molecule has 0 aliphatic heterocycles. The van der Waals surface area contributed by atoms with Crippen LogP contribution in [-0.2, 0) is 6.54 Å². The topological polar surface area (TPSA) is 59.9 Å². The lowest BCUT2D eigenvalue weighted by atomic mass is 10.3. The molecule has 0 fully saturated rings. The molecule has 0 saturated carbocycles. The van der Waals surface area contributed by atoms with Gasteiger partial charge in [-0.3, -0.25) is 4.98 Å². The molecule has 94 valence electrons. The zero-order valence-corrected chi connectivity index (χ0v) is 10.6. The average Bonchev–Trinajstić information content (AvgIpc) is 2.45. The Bertz CT molecular complexity index is 502. The largest absolute Gasteiger partial charge is 0.493 e. The monoisotopic (exact) mass is 244 g/mol. The van der Waals surface area contributed by atoms with E-state index in [1.165, 1.54) is 0 Å². The van der Waals surface area contributed by atoms with E-state index in [2.05, 4.69) is 20.3 Å². The Morgan fingerprint density at radius 2 is 2.17 bits per heavy atom. The van der Waals surface area contributed by atoms with E-state index in [4.69, 9.17) is 4.74 Å². The maximum Gasteiger partial charge on any atom is 0.178 e. The molecule has 0 atom stereocenters. The Balaban J connectivity index is 2.33. The molecule has 5 heteroatoms. The Kier molecular flexibility index (Phi) is 4.20. The molecule has 0 bridgehead atoms. The third-order valence-corrected chi connectivity index (χ3v) is 2.49. The first kappa shape index (κ1) is 12.4. The van der Waals surface area contributed by atoms with Gasteiger partial charge in [0.15, 0.2) is 11.6 Å². The summed E-state index contributed by atoms with van der Waals surface area (Å²) in [5, 5.41) is 3.23. The van der Waals surface area contributed by atoms with Crippen LogP contribution in [0.2, 0.25) is 0 Å². The summed E-state index contributed by atoms with van der Waals surface area (Å²) in [5.41, 5.74) is 1.60. The highest BCUT2D eigenvalue weighted by molar-refractivity contribution is 5.49. The zero-order valence-electron chi connectivity index (χ0n) is 10.6. The Labute approximate surface area is 106 Å². The van der Waals surface area contributed by atoms with Crippen LogP contribution < -0.4 is 10.1 Å². The van der Waals surface area contributed by atoms with Crippen LogP contribution in [0.15, 0.2) is 30.6 Å². The summed E-state index contributed by atoms with van der Waals surface area (Å²) in [4.78, 5) is 13.0. The Hall–Kier alpha value is -2.01. The molecule has 0 saturated heterocycles. The molecule has 2 aromatic rings. The van der Waals surface area contributed by atoms with Crippen molar-refractivity contribution in [2.45, 2.75) is 13.5 Å². The Morgan fingerprint density at radius 3 is 2.83 bits per heavy atom. The van der Waals surface area contributed by atoms with E-state index < -0.39 is 0 Å². The molecular formula is C13H16N4O. The molecule has 2 rings (SSSR count). The first-order valence-electron chi connectivity index (χ1n) is 5.87. The molecule has 5 nitrogen and oxygen atoms in total. The third-order valence-electron chi connectivity index (χ3n) is 2.49. The summed E-state index contributed by atoms with van der Waals surface area (Å²) >= 11 is 0. The molecule has 2 heterocycles. The van der Waals surface area contributed by atoms with Gasteiger partial charge in [0.05, 0.1) is 13.3 Å². The molecule has 0 aromatic carbocycles. The average molecular weight is 244 g/mol. The first-order valence-corrected chi connectivity index (χ1v) is 5.87. The van der Waals surface area contributed by atoms with Crippen molar-refractivity contribution in [1.82, 2.24) is 20.3 Å². The van der Waals surface area contributed by atoms with Crippen molar-refractivity contribution in [3.8, 4) is 17.3 Å². The maximum absolute atomic E-state index is 5.25. The minimum atomic E-state index is 0.615. The summed E-state index contributed by atoms with van der Waals surface area (Å²) in [6.45, 7) is 3.58. The van der Waals surface area contributed by atoms with Gasteiger partial charge in [-0.25, -0.2) is 9.97 Å². The van der Waals surface area contributed by atoms with Gasteiger partial charge < -0.3 is 10.1 Å². The first-order chi connectivity index (χ1) is 8.85. The highest BCUT2D eigenvalue weighted by Gasteiger charge is 2.09. The van der Waals surface area contributed by atoms with Crippen LogP contribution >= 0.6 is 0 Å². The van der Waals surface area contributed by atoms with E-state index in [0.29, 0.717) is 18.1 Å². The fourth-order valence-corrected chi connectivity index (χ4v) is 1.57. The van der Waals surface area contributed by atoms with E-state index in [9.17, 15) is 0 Å². The standard InChI is InChI=1S/C13H16N4O/c1-3-14-8-11-12(18-2)9-16-13(17-11)10-6-4-5-7-15-10/h4-7,9,14H,3,8H2,1-2H3. The summed E-state index contributed by atoms with van der Waals surface area (Å²) in [6.07, 6.45) is 3.41. The van der Waals surface area contributed by atoms with Gasteiger partial charge in [-0.15, -0.1) is 0 Å². The predicted molar refractivity (Wildman–Crippen MR) is 69.2 cm³/mol. The zero-order chi connectivity index (χ0) is 12.8. The van der Waals surface area contributed by atoms with Crippen LogP contribution in [0.3, 0.4) is 0 Å². The van der Waals surface area contributed by atoms with Gasteiger partial charge in [0.1, 0.15) is 11.4 Å². The summed E-state index contributed by atoms with van der Waals surface area (Å²) in [6, 6.07) is 5.67. The predicted octanol–water partition coefficient (Wildman–Crippen LogP) is 1.66. The molecular weight excluding hydrogens is 228 g/mol. The van der Waals surface area contributed by atoms with Crippen molar-refractivity contribution in [2.24, 2.45) is 0 Å². The SMILES string of the molecule is CCNCc1nc(-c2ccccn2)ncc1OC. The molecule has 2 aromatic heterocycles. The van der Waals surface area contributed by atoms with Gasteiger partial charge in [0, 0.05) is 12.7 Å². The van der Waals surface area contributed by atoms with E-state index in [-0.39, 0.29) is 0 Å². The number of hydrogen-bond donors (Lipinski definition) is 1. The normalized spacial score (nSPS) is 10.3. The van der Waals surface area contributed by atoms with Crippen molar-refractivity contribution >= 4 is 0 Å². The molecule has 0 unspecified atom stereocenters. The van der Waals surface area contributed by atoms with Crippen molar-refractivity contribution < 1.29 is 4.74 Å². The van der Waals surface area contributed by atoms with Crippen LogP contribution in [0.4, 0.5) is 0 Å². The van der Waals surface area contributed by atoms with Crippen LogP contribution in [0.25, 0.3) is 11.5 Å². The smallest absolute Gasteiger partial charge is 0.178 e. The number of ether oxygens (including phenoxy) is 1. The minimum absolute atomic E-state index is 0.615. The fourth-order valence-electron chi connectivity index (χ4n) is 1.57. The van der Waals surface area contributed by atoms with E-state index in [1.54, 1.807) is 19.5 Å². The molecule has 0 aliphatic rings. The Morgan fingerprint density at radius 1 is 1.28 bits per heavy atom.